The third-order valence-electron chi connectivity index (χ3n) is 1.97. The van der Waals surface area contributed by atoms with E-state index in [1.54, 1.807) is 0 Å². The van der Waals surface area contributed by atoms with Crippen LogP contribution in [0.5, 0.6) is 0 Å². The third-order valence-corrected chi connectivity index (χ3v) is 1.97. The summed E-state index contributed by atoms with van der Waals surface area (Å²) in [6.45, 7) is 4.66. The highest BCUT2D eigenvalue weighted by molar-refractivity contribution is 5.25. The van der Waals surface area contributed by atoms with E-state index < -0.39 is 0 Å². The number of rotatable bonds is 4. The van der Waals surface area contributed by atoms with E-state index >= 15 is 0 Å². The van der Waals surface area contributed by atoms with Crippen molar-refractivity contribution in [1.29, 1.82) is 5.26 Å². The molecule has 1 aromatic rings. The van der Waals surface area contributed by atoms with Crippen LogP contribution in [0.3, 0.4) is 0 Å². The Labute approximate surface area is 83.3 Å². The van der Waals surface area contributed by atoms with Crippen molar-refractivity contribution in [2.24, 2.45) is 5.92 Å². The van der Waals surface area contributed by atoms with Crippen molar-refractivity contribution in [2.75, 3.05) is 18.5 Å². The summed E-state index contributed by atoms with van der Waals surface area (Å²) in [6.07, 6.45) is 0.515. The van der Waals surface area contributed by atoms with Crippen LogP contribution in [-0.4, -0.2) is 23.7 Å². The Morgan fingerprint density at radius 2 is 2.36 bits per heavy atom. The molecule has 0 N–H and O–H groups in total. The van der Waals surface area contributed by atoms with Crippen LogP contribution in [0, 0.1) is 17.2 Å². The molecule has 0 aliphatic rings. The fourth-order valence-electron chi connectivity index (χ4n) is 0.933. The maximum atomic E-state index is 8.61. The Morgan fingerprint density at radius 1 is 1.64 bits per heavy atom. The Kier molecular flexibility index (Phi) is 3.46. The summed E-state index contributed by atoms with van der Waals surface area (Å²) < 4.78 is 5.01. The number of anilines is 1. The minimum absolute atomic E-state index is 0.0877. The normalized spacial score (nSPS) is 12.1. The quantitative estimate of drug-likeness (QED) is 0.721. The first kappa shape index (κ1) is 10.5. The zero-order valence-corrected chi connectivity index (χ0v) is 8.69. The number of nitrogens with zero attached hydrogens (tertiary/aromatic N) is 4. The molecule has 0 aliphatic carbocycles. The van der Waals surface area contributed by atoms with Crippen LogP contribution in [0.2, 0.25) is 0 Å². The first-order chi connectivity index (χ1) is 6.67. The smallest absolute Gasteiger partial charge is 0.265 e. The van der Waals surface area contributed by atoms with Gasteiger partial charge < -0.3 is 9.42 Å². The molecule has 0 saturated carbocycles. The lowest BCUT2D eigenvalue weighted by atomic mass is 10.1. The average molecular weight is 194 g/mol. The zero-order valence-electron chi connectivity index (χ0n) is 8.69. The summed E-state index contributed by atoms with van der Waals surface area (Å²) in [7, 11) is 1.89. The van der Waals surface area contributed by atoms with Crippen LogP contribution in [-0.2, 0) is 6.42 Å². The van der Waals surface area contributed by atoms with Gasteiger partial charge in [0.1, 0.15) is 0 Å². The molecule has 5 nitrogen and oxygen atoms in total. The predicted molar refractivity (Wildman–Crippen MR) is 51.7 cm³/mol. The molecule has 76 valence electrons. The third kappa shape index (κ3) is 2.46. The first-order valence-electron chi connectivity index (χ1n) is 4.60. The summed E-state index contributed by atoms with van der Waals surface area (Å²) >= 11 is 0. The van der Waals surface area contributed by atoms with Gasteiger partial charge in [0.15, 0.2) is 0 Å². The zero-order chi connectivity index (χ0) is 10.6. The van der Waals surface area contributed by atoms with E-state index in [4.69, 9.17) is 9.78 Å². The van der Waals surface area contributed by atoms with Gasteiger partial charge in [0.25, 0.3) is 5.95 Å². The monoisotopic (exact) mass is 194 g/mol. The van der Waals surface area contributed by atoms with Gasteiger partial charge in [-0.2, -0.15) is 10.2 Å². The molecule has 1 rings (SSSR count). The predicted octanol–water partition coefficient (Wildman–Crippen LogP) is 1.23. The molecule has 0 fully saturated rings. The molecule has 1 heterocycles. The fourth-order valence-corrected chi connectivity index (χ4v) is 0.933. The number of hydrogen-bond acceptors (Lipinski definition) is 5. The molecule has 14 heavy (non-hydrogen) atoms. The molecule has 0 amide bonds. The standard InChI is InChI=1S/C9H14N4O/c1-4-13(3)9-11-8(14-12-9)5-7(2)6-10/h7H,4-5H2,1-3H3. The number of hydrogen-bond donors (Lipinski definition) is 0. The molecule has 1 atom stereocenters. The molecule has 0 radical (unpaired) electrons. The van der Waals surface area contributed by atoms with E-state index in [-0.39, 0.29) is 5.92 Å². The SMILES string of the molecule is CCN(C)c1noc(CC(C)C#N)n1. The minimum atomic E-state index is -0.0877. The van der Waals surface area contributed by atoms with Crippen LogP contribution in [0.15, 0.2) is 4.52 Å². The van der Waals surface area contributed by atoms with Gasteiger partial charge in [-0.3, -0.25) is 0 Å². The van der Waals surface area contributed by atoms with Crippen LogP contribution >= 0.6 is 0 Å². The molecule has 1 unspecified atom stereocenters. The van der Waals surface area contributed by atoms with Crippen LogP contribution in [0.25, 0.3) is 0 Å². The van der Waals surface area contributed by atoms with Gasteiger partial charge in [0.2, 0.25) is 5.89 Å². The van der Waals surface area contributed by atoms with Crippen molar-refractivity contribution >= 4 is 5.95 Å². The van der Waals surface area contributed by atoms with E-state index in [0.717, 1.165) is 6.54 Å². The van der Waals surface area contributed by atoms with E-state index in [0.29, 0.717) is 18.3 Å². The van der Waals surface area contributed by atoms with E-state index in [1.807, 2.05) is 25.8 Å². The second kappa shape index (κ2) is 4.61. The molecule has 1 aromatic heterocycles. The average Bonchev–Trinajstić information content (AvgIpc) is 2.65. The van der Waals surface area contributed by atoms with E-state index in [1.165, 1.54) is 0 Å². The molecule has 5 heteroatoms. The summed E-state index contributed by atoms with van der Waals surface area (Å²) in [6, 6.07) is 2.12. The molecule has 0 saturated heterocycles. The lowest BCUT2D eigenvalue weighted by molar-refractivity contribution is 0.368. The van der Waals surface area contributed by atoms with E-state index in [2.05, 4.69) is 16.2 Å². The highest BCUT2D eigenvalue weighted by Crippen LogP contribution is 2.10. The van der Waals surface area contributed by atoms with Crippen molar-refractivity contribution < 1.29 is 4.52 Å². The lowest BCUT2D eigenvalue weighted by Gasteiger charge is -2.08. The Morgan fingerprint density at radius 3 is 2.93 bits per heavy atom. The second-order valence-electron chi connectivity index (χ2n) is 3.24. The molecular formula is C9H14N4O. The Hall–Kier alpha value is -1.57. The van der Waals surface area contributed by atoms with Gasteiger partial charge >= 0.3 is 0 Å². The molecular weight excluding hydrogens is 180 g/mol. The van der Waals surface area contributed by atoms with Gasteiger partial charge in [-0.15, -0.1) is 0 Å². The lowest BCUT2D eigenvalue weighted by Crippen LogP contribution is -2.17. The minimum Gasteiger partial charge on any atom is -0.342 e. The fraction of sp³-hybridized carbons (Fsp3) is 0.667. The molecule has 0 spiro atoms. The van der Waals surface area contributed by atoms with Gasteiger partial charge in [-0.05, 0) is 19.0 Å². The van der Waals surface area contributed by atoms with Gasteiger partial charge in [0.05, 0.1) is 12.0 Å². The Balaban J connectivity index is 2.64. The highest BCUT2D eigenvalue weighted by atomic mass is 16.5. The summed E-state index contributed by atoms with van der Waals surface area (Å²) in [4.78, 5) is 6.04. The second-order valence-corrected chi connectivity index (χ2v) is 3.24. The summed E-state index contributed by atoms with van der Waals surface area (Å²) in [5, 5.41) is 12.4. The molecule has 0 aliphatic heterocycles. The summed E-state index contributed by atoms with van der Waals surface area (Å²) in [5.41, 5.74) is 0. The Bertz CT molecular complexity index is 328. The highest BCUT2D eigenvalue weighted by Gasteiger charge is 2.11. The largest absolute Gasteiger partial charge is 0.342 e. The van der Waals surface area contributed by atoms with Gasteiger partial charge in [0, 0.05) is 20.0 Å². The van der Waals surface area contributed by atoms with Crippen molar-refractivity contribution in [2.45, 2.75) is 20.3 Å². The van der Waals surface area contributed by atoms with Crippen molar-refractivity contribution in [3.05, 3.63) is 5.89 Å². The van der Waals surface area contributed by atoms with Crippen LogP contribution in [0.4, 0.5) is 5.95 Å². The topological polar surface area (TPSA) is 66.0 Å². The van der Waals surface area contributed by atoms with Gasteiger partial charge in [-0.25, -0.2) is 0 Å². The van der Waals surface area contributed by atoms with E-state index in [9.17, 15) is 0 Å². The number of aromatic nitrogens is 2. The van der Waals surface area contributed by atoms with Crippen LogP contribution < -0.4 is 4.90 Å². The maximum Gasteiger partial charge on any atom is 0.265 e. The summed E-state index contributed by atoms with van der Waals surface area (Å²) in [5.74, 6) is 1.01. The van der Waals surface area contributed by atoms with Crippen molar-refractivity contribution in [3.63, 3.8) is 0 Å². The first-order valence-corrected chi connectivity index (χ1v) is 4.60. The molecule has 0 aromatic carbocycles. The molecule has 0 bridgehead atoms. The van der Waals surface area contributed by atoms with Crippen LogP contribution in [0.1, 0.15) is 19.7 Å². The van der Waals surface area contributed by atoms with Crippen molar-refractivity contribution in [1.82, 2.24) is 10.1 Å². The maximum absolute atomic E-state index is 8.61. The number of nitriles is 1. The van der Waals surface area contributed by atoms with Gasteiger partial charge in [-0.1, -0.05) is 0 Å². The van der Waals surface area contributed by atoms with Crippen molar-refractivity contribution in [3.8, 4) is 6.07 Å².